The molecule has 0 atom stereocenters. The second-order valence-corrected chi connectivity index (χ2v) is 6.95. The predicted molar refractivity (Wildman–Crippen MR) is 88.8 cm³/mol. The van der Waals surface area contributed by atoms with E-state index >= 15 is 0 Å². The normalized spacial score (nSPS) is 18.0. The van der Waals surface area contributed by atoms with Gasteiger partial charge in [-0.15, -0.1) is 0 Å². The van der Waals surface area contributed by atoms with Gasteiger partial charge < -0.3 is 15.5 Å². The molecule has 0 unspecified atom stereocenters. The molecule has 2 aromatic rings. The minimum absolute atomic E-state index is 0.312. The molecular weight excluding hydrogens is 282 g/mol. The monoisotopic (exact) mass is 303 g/mol. The molecule has 1 aliphatic rings. The Labute approximate surface area is 129 Å². The van der Waals surface area contributed by atoms with E-state index in [9.17, 15) is 10.2 Å². The molecule has 0 saturated carbocycles. The Morgan fingerprint density at radius 1 is 1.10 bits per heavy atom. The maximum absolute atomic E-state index is 10.5. The number of benzene rings is 2. The molecule has 0 amide bonds. The van der Waals surface area contributed by atoms with Crippen LogP contribution in [0.1, 0.15) is 18.4 Å². The zero-order chi connectivity index (χ0) is 14.7. The summed E-state index contributed by atoms with van der Waals surface area (Å²) in [6.07, 6.45) is 1.68. The van der Waals surface area contributed by atoms with Gasteiger partial charge in [0.25, 0.3) is 0 Å². The van der Waals surface area contributed by atoms with Crippen LogP contribution in [-0.4, -0.2) is 33.9 Å². The van der Waals surface area contributed by atoms with Crippen molar-refractivity contribution in [3.63, 3.8) is 0 Å². The molecular formula is C17H21NO2S. The Bertz CT molecular complexity index is 623. The summed E-state index contributed by atoms with van der Waals surface area (Å²) in [7, 11) is 0. The molecule has 112 valence electrons. The highest BCUT2D eigenvalue weighted by molar-refractivity contribution is 7.99. The van der Waals surface area contributed by atoms with Gasteiger partial charge in [-0.25, -0.2) is 0 Å². The Morgan fingerprint density at radius 3 is 2.67 bits per heavy atom. The molecule has 0 aromatic heterocycles. The first-order valence-electron chi connectivity index (χ1n) is 7.38. The number of rotatable bonds is 4. The third-order valence-corrected chi connectivity index (χ3v) is 5.18. The van der Waals surface area contributed by atoms with Crippen molar-refractivity contribution in [2.75, 3.05) is 18.1 Å². The smallest absolute Gasteiger partial charge is 0.120 e. The van der Waals surface area contributed by atoms with E-state index in [0.29, 0.717) is 18.8 Å². The fraction of sp³-hybridized carbons (Fsp3) is 0.412. The molecule has 0 bridgehead atoms. The van der Waals surface area contributed by atoms with Crippen LogP contribution in [0, 0.1) is 0 Å². The number of hydrogen-bond acceptors (Lipinski definition) is 4. The molecule has 0 spiro atoms. The molecule has 3 nitrogen and oxygen atoms in total. The number of nitrogens with one attached hydrogen (secondary N) is 1. The summed E-state index contributed by atoms with van der Waals surface area (Å²) in [5.41, 5.74) is 0.313. The summed E-state index contributed by atoms with van der Waals surface area (Å²) in [6, 6.07) is 11.7. The van der Waals surface area contributed by atoms with Crippen LogP contribution < -0.4 is 5.32 Å². The molecule has 1 heterocycles. The van der Waals surface area contributed by atoms with Crippen LogP contribution in [0.2, 0.25) is 0 Å². The van der Waals surface area contributed by atoms with Gasteiger partial charge in [-0.2, -0.15) is 11.8 Å². The van der Waals surface area contributed by atoms with Crippen molar-refractivity contribution < 1.29 is 10.2 Å². The molecule has 0 aliphatic carbocycles. The van der Waals surface area contributed by atoms with Gasteiger partial charge in [-0.1, -0.05) is 30.3 Å². The highest BCUT2D eigenvalue weighted by Gasteiger charge is 2.28. The molecule has 1 fully saturated rings. The summed E-state index contributed by atoms with van der Waals surface area (Å²) < 4.78 is 0. The number of phenols is 1. The average Bonchev–Trinajstić information content (AvgIpc) is 2.50. The fourth-order valence-electron chi connectivity index (χ4n) is 2.86. The average molecular weight is 303 g/mol. The largest absolute Gasteiger partial charge is 0.508 e. The molecule has 3 N–H and O–H groups in total. The van der Waals surface area contributed by atoms with Crippen molar-refractivity contribution in [3.05, 3.63) is 42.0 Å². The second-order valence-electron chi connectivity index (χ2n) is 5.72. The van der Waals surface area contributed by atoms with E-state index in [4.69, 9.17) is 0 Å². The zero-order valence-electron chi connectivity index (χ0n) is 12.0. The van der Waals surface area contributed by atoms with Gasteiger partial charge in [-0.3, -0.25) is 0 Å². The molecule has 21 heavy (non-hydrogen) atoms. The number of hydrogen-bond donors (Lipinski definition) is 3. The molecule has 0 radical (unpaired) electrons. The van der Waals surface area contributed by atoms with Gasteiger partial charge in [0.1, 0.15) is 5.75 Å². The van der Waals surface area contributed by atoms with E-state index in [1.54, 1.807) is 6.07 Å². The third kappa shape index (κ3) is 3.34. The minimum Gasteiger partial charge on any atom is -0.508 e. The summed E-state index contributed by atoms with van der Waals surface area (Å²) in [5.74, 6) is 2.36. The van der Waals surface area contributed by atoms with E-state index in [0.717, 1.165) is 40.7 Å². The Balaban J connectivity index is 1.72. The Morgan fingerprint density at radius 2 is 1.86 bits per heavy atom. The van der Waals surface area contributed by atoms with Crippen LogP contribution in [0.4, 0.5) is 0 Å². The van der Waals surface area contributed by atoms with Crippen LogP contribution in [0.15, 0.2) is 36.4 Å². The van der Waals surface area contributed by atoms with Gasteiger partial charge in [-0.05, 0) is 41.2 Å². The summed E-state index contributed by atoms with van der Waals surface area (Å²) in [6.45, 7) is 1.15. The van der Waals surface area contributed by atoms with Crippen LogP contribution in [0.5, 0.6) is 5.75 Å². The maximum Gasteiger partial charge on any atom is 0.120 e. The fourth-order valence-corrected chi connectivity index (χ4v) is 4.11. The highest BCUT2D eigenvalue weighted by atomic mass is 32.2. The van der Waals surface area contributed by atoms with E-state index in [-0.39, 0.29) is 0 Å². The molecule has 4 heteroatoms. The van der Waals surface area contributed by atoms with Crippen LogP contribution in [-0.2, 0) is 6.54 Å². The first kappa shape index (κ1) is 14.7. The van der Waals surface area contributed by atoms with Crippen molar-refractivity contribution in [2.45, 2.75) is 25.0 Å². The van der Waals surface area contributed by atoms with Crippen molar-refractivity contribution in [3.8, 4) is 5.75 Å². The van der Waals surface area contributed by atoms with Crippen molar-refractivity contribution in [2.24, 2.45) is 0 Å². The standard InChI is InChI=1S/C17H21NO2S/c19-16-6-5-13-3-1-2-4-14(13)15(16)11-18-12-17(20)7-9-21-10-8-17/h1-6,18-20H,7-12H2. The van der Waals surface area contributed by atoms with Crippen molar-refractivity contribution in [1.82, 2.24) is 5.32 Å². The quantitative estimate of drug-likeness (QED) is 0.813. The van der Waals surface area contributed by atoms with Gasteiger partial charge >= 0.3 is 0 Å². The lowest BCUT2D eigenvalue weighted by molar-refractivity contribution is 0.0320. The van der Waals surface area contributed by atoms with Crippen LogP contribution in [0.3, 0.4) is 0 Å². The summed E-state index contributed by atoms with van der Waals surface area (Å²) in [5, 5.41) is 26.1. The van der Waals surface area contributed by atoms with Crippen molar-refractivity contribution >= 4 is 22.5 Å². The highest BCUT2D eigenvalue weighted by Crippen LogP contribution is 2.28. The number of phenolic OH excluding ortho intramolecular Hbond substituents is 1. The second kappa shape index (κ2) is 6.26. The molecule has 2 aromatic carbocycles. The van der Waals surface area contributed by atoms with Gasteiger partial charge in [0.15, 0.2) is 0 Å². The number of aliphatic hydroxyl groups is 1. The number of aromatic hydroxyl groups is 1. The Kier molecular flexibility index (Phi) is 4.38. The molecule has 1 saturated heterocycles. The summed E-state index contributed by atoms with van der Waals surface area (Å²) >= 11 is 1.90. The molecule has 3 rings (SSSR count). The first-order valence-corrected chi connectivity index (χ1v) is 8.54. The molecule has 1 aliphatic heterocycles. The third-order valence-electron chi connectivity index (χ3n) is 4.20. The zero-order valence-corrected chi connectivity index (χ0v) is 12.8. The van der Waals surface area contributed by atoms with Crippen molar-refractivity contribution in [1.29, 1.82) is 0 Å². The van der Waals surface area contributed by atoms with Crippen LogP contribution >= 0.6 is 11.8 Å². The lowest BCUT2D eigenvalue weighted by Gasteiger charge is -2.32. The van der Waals surface area contributed by atoms with Gasteiger partial charge in [0, 0.05) is 18.7 Å². The van der Waals surface area contributed by atoms with Gasteiger partial charge in [0.2, 0.25) is 0 Å². The lowest BCUT2D eigenvalue weighted by atomic mass is 9.96. The van der Waals surface area contributed by atoms with E-state index in [1.807, 2.05) is 42.1 Å². The van der Waals surface area contributed by atoms with E-state index < -0.39 is 5.60 Å². The first-order chi connectivity index (χ1) is 10.2. The van der Waals surface area contributed by atoms with E-state index in [1.165, 1.54) is 0 Å². The maximum atomic E-state index is 10.5. The minimum atomic E-state index is -0.592. The van der Waals surface area contributed by atoms with E-state index in [2.05, 4.69) is 5.32 Å². The topological polar surface area (TPSA) is 52.5 Å². The Hall–Kier alpha value is -1.23. The van der Waals surface area contributed by atoms with Crippen LogP contribution in [0.25, 0.3) is 10.8 Å². The predicted octanol–water partition coefficient (Wildman–Crippen LogP) is 2.89. The van der Waals surface area contributed by atoms with Gasteiger partial charge in [0.05, 0.1) is 5.60 Å². The number of thioether (sulfide) groups is 1. The lowest BCUT2D eigenvalue weighted by Crippen LogP contribution is -2.43. The number of fused-ring (bicyclic) bond motifs is 1. The SMILES string of the molecule is Oc1ccc2ccccc2c1CNCC1(O)CCSCC1. The summed E-state index contributed by atoms with van der Waals surface area (Å²) in [4.78, 5) is 0.